The molecule has 0 bridgehead atoms. The van der Waals surface area contributed by atoms with Gasteiger partial charge in [0.1, 0.15) is 16.5 Å². The van der Waals surface area contributed by atoms with E-state index >= 15 is 0 Å². The lowest BCUT2D eigenvalue weighted by Gasteiger charge is -2.31. The van der Waals surface area contributed by atoms with Gasteiger partial charge in [-0.2, -0.15) is 5.26 Å². The first-order valence-corrected chi connectivity index (χ1v) is 12.8. The van der Waals surface area contributed by atoms with Crippen LogP contribution in [0.2, 0.25) is 0 Å². The van der Waals surface area contributed by atoms with E-state index in [1.807, 2.05) is 24.3 Å². The largest absolute Gasteiger partial charge is 0.482 e. The van der Waals surface area contributed by atoms with Gasteiger partial charge in [0.15, 0.2) is 6.61 Å². The Morgan fingerprint density at radius 2 is 2.17 bits per heavy atom. The summed E-state index contributed by atoms with van der Waals surface area (Å²) in [6, 6.07) is 11.8. The van der Waals surface area contributed by atoms with E-state index in [4.69, 9.17) is 10.00 Å². The van der Waals surface area contributed by atoms with E-state index in [0.717, 1.165) is 23.2 Å². The zero-order valence-electron chi connectivity index (χ0n) is 20.7. The fourth-order valence-electron chi connectivity index (χ4n) is 3.93. The molecule has 8 nitrogen and oxygen atoms in total. The highest BCUT2D eigenvalue weighted by atomic mass is 32.1. The van der Waals surface area contributed by atoms with Crippen molar-refractivity contribution in [2.45, 2.75) is 52.1 Å². The molecule has 186 valence electrons. The topological polar surface area (TPSA) is 99.4 Å². The molecule has 0 atom stereocenters. The standard InChI is InChI=1S/C27H29N5O3S/c1-4-27(2,3)20-8-9-23-22(13-20)32(25(33)17-35-23)16-24-30-21(18-36-24)26(34)31(12-6-10-28)15-19-7-5-11-29-14-19/h5,7-9,11,13-14,18H,4,6,12,15-17H2,1-3H3. The number of ether oxygens (including phenoxy) is 1. The first-order valence-electron chi connectivity index (χ1n) is 11.9. The molecule has 0 saturated carbocycles. The molecular formula is C27H29N5O3S. The third-order valence-corrected chi connectivity index (χ3v) is 7.34. The summed E-state index contributed by atoms with van der Waals surface area (Å²) in [5.74, 6) is 0.263. The van der Waals surface area contributed by atoms with Crippen molar-refractivity contribution in [1.29, 1.82) is 5.26 Å². The van der Waals surface area contributed by atoms with Crippen molar-refractivity contribution in [2.24, 2.45) is 0 Å². The van der Waals surface area contributed by atoms with Crippen LogP contribution in [0.15, 0.2) is 48.1 Å². The molecular weight excluding hydrogens is 474 g/mol. The van der Waals surface area contributed by atoms with Gasteiger partial charge in [-0.25, -0.2) is 4.98 Å². The number of hydrogen-bond donors (Lipinski definition) is 0. The third-order valence-electron chi connectivity index (χ3n) is 6.51. The molecule has 0 unspecified atom stereocenters. The predicted molar refractivity (Wildman–Crippen MR) is 138 cm³/mol. The third kappa shape index (κ3) is 5.55. The van der Waals surface area contributed by atoms with E-state index < -0.39 is 0 Å². The molecule has 0 fully saturated rings. The van der Waals surface area contributed by atoms with Crippen molar-refractivity contribution in [1.82, 2.24) is 14.9 Å². The molecule has 0 aliphatic carbocycles. The van der Waals surface area contributed by atoms with Gasteiger partial charge in [0.25, 0.3) is 11.8 Å². The number of thiazole rings is 1. The van der Waals surface area contributed by atoms with Gasteiger partial charge in [-0.1, -0.05) is 32.9 Å². The molecule has 3 heterocycles. The second kappa shape index (κ2) is 10.9. The summed E-state index contributed by atoms with van der Waals surface area (Å²) in [5, 5.41) is 11.4. The Hall–Kier alpha value is -3.77. The van der Waals surface area contributed by atoms with Gasteiger partial charge in [0.2, 0.25) is 0 Å². The van der Waals surface area contributed by atoms with Gasteiger partial charge in [0, 0.05) is 30.9 Å². The number of hydrogen-bond acceptors (Lipinski definition) is 7. The van der Waals surface area contributed by atoms with Crippen molar-refractivity contribution >= 4 is 28.8 Å². The van der Waals surface area contributed by atoms with Crippen molar-refractivity contribution in [2.75, 3.05) is 18.1 Å². The van der Waals surface area contributed by atoms with Crippen molar-refractivity contribution < 1.29 is 14.3 Å². The van der Waals surface area contributed by atoms with E-state index in [0.29, 0.717) is 29.5 Å². The summed E-state index contributed by atoms with van der Waals surface area (Å²) < 4.78 is 5.67. The Balaban J connectivity index is 1.55. The molecule has 2 amide bonds. The number of carbonyl (C=O) groups excluding carboxylic acids is 2. The monoisotopic (exact) mass is 503 g/mol. The minimum absolute atomic E-state index is 0.0340. The molecule has 2 aromatic heterocycles. The summed E-state index contributed by atoms with van der Waals surface area (Å²) in [6.45, 7) is 7.34. The zero-order chi connectivity index (χ0) is 25.7. The molecule has 1 aromatic carbocycles. The van der Waals surface area contributed by atoms with Crippen LogP contribution in [0, 0.1) is 11.3 Å². The number of benzene rings is 1. The van der Waals surface area contributed by atoms with Gasteiger partial charge >= 0.3 is 0 Å². The van der Waals surface area contributed by atoms with E-state index in [1.165, 1.54) is 11.3 Å². The van der Waals surface area contributed by atoms with Crippen molar-refractivity contribution in [3.05, 3.63) is 69.9 Å². The minimum atomic E-state index is -0.253. The summed E-state index contributed by atoms with van der Waals surface area (Å²) in [5.41, 5.74) is 2.99. The Bertz CT molecular complexity index is 1280. The van der Waals surface area contributed by atoms with Gasteiger partial charge in [-0.3, -0.25) is 19.5 Å². The highest BCUT2D eigenvalue weighted by Gasteiger charge is 2.29. The Kier molecular flexibility index (Phi) is 7.65. The zero-order valence-corrected chi connectivity index (χ0v) is 21.5. The summed E-state index contributed by atoms with van der Waals surface area (Å²) in [4.78, 5) is 38.0. The summed E-state index contributed by atoms with van der Waals surface area (Å²) in [6.07, 6.45) is 4.56. The van der Waals surface area contributed by atoms with Crippen LogP contribution in [0.3, 0.4) is 0 Å². The quantitative estimate of drug-likeness (QED) is 0.419. The molecule has 9 heteroatoms. The second-order valence-corrected chi connectivity index (χ2v) is 10.3. The fraction of sp³-hybridized carbons (Fsp3) is 0.370. The average Bonchev–Trinajstić information content (AvgIpc) is 3.36. The SMILES string of the molecule is CCC(C)(C)c1ccc2c(c1)N(Cc1nc(C(=O)N(CCC#N)Cc3cccnc3)cs1)C(=O)CO2. The Morgan fingerprint density at radius 3 is 2.89 bits per heavy atom. The lowest BCUT2D eigenvalue weighted by molar-refractivity contribution is -0.121. The number of nitrogens with zero attached hydrogens (tertiary/aromatic N) is 5. The van der Waals surface area contributed by atoms with Crippen molar-refractivity contribution in [3.8, 4) is 11.8 Å². The summed E-state index contributed by atoms with van der Waals surface area (Å²) >= 11 is 1.34. The number of rotatable bonds is 9. The number of amides is 2. The van der Waals surface area contributed by atoms with Gasteiger partial charge in [0.05, 0.1) is 24.7 Å². The molecule has 4 rings (SSSR count). The Labute approximate surface area is 215 Å². The highest BCUT2D eigenvalue weighted by molar-refractivity contribution is 7.09. The van der Waals surface area contributed by atoms with Crippen LogP contribution in [0.4, 0.5) is 5.69 Å². The number of aromatic nitrogens is 2. The molecule has 1 aliphatic heterocycles. The first kappa shape index (κ1) is 25.3. The predicted octanol–water partition coefficient (Wildman–Crippen LogP) is 4.71. The minimum Gasteiger partial charge on any atom is -0.482 e. The fourth-order valence-corrected chi connectivity index (χ4v) is 4.68. The number of anilines is 1. The van der Waals surface area contributed by atoms with E-state index in [-0.39, 0.29) is 36.8 Å². The van der Waals surface area contributed by atoms with Crippen molar-refractivity contribution in [3.63, 3.8) is 0 Å². The maximum absolute atomic E-state index is 13.3. The normalized spacial score (nSPS) is 13.1. The van der Waals surface area contributed by atoms with Gasteiger partial charge < -0.3 is 9.64 Å². The number of pyridine rings is 1. The lowest BCUT2D eigenvalue weighted by atomic mass is 9.82. The van der Waals surface area contributed by atoms with E-state index in [1.54, 1.807) is 27.6 Å². The van der Waals surface area contributed by atoms with Crippen LogP contribution in [0.5, 0.6) is 5.75 Å². The lowest BCUT2D eigenvalue weighted by Crippen LogP contribution is -2.38. The van der Waals surface area contributed by atoms with Crippen LogP contribution in [-0.4, -0.2) is 39.8 Å². The van der Waals surface area contributed by atoms with Crippen LogP contribution in [0.1, 0.15) is 60.2 Å². The number of carbonyl (C=O) groups is 2. The highest BCUT2D eigenvalue weighted by Crippen LogP contribution is 2.38. The molecule has 36 heavy (non-hydrogen) atoms. The number of fused-ring (bicyclic) bond motifs is 1. The summed E-state index contributed by atoms with van der Waals surface area (Å²) in [7, 11) is 0. The maximum atomic E-state index is 13.3. The van der Waals surface area contributed by atoms with Crippen LogP contribution in [0.25, 0.3) is 0 Å². The molecule has 0 saturated heterocycles. The smallest absolute Gasteiger partial charge is 0.273 e. The van der Waals surface area contributed by atoms with Gasteiger partial charge in [-0.05, 0) is 41.2 Å². The van der Waals surface area contributed by atoms with Crippen LogP contribution >= 0.6 is 11.3 Å². The maximum Gasteiger partial charge on any atom is 0.273 e. The molecule has 1 aliphatic rings. The van der Waals surface area contributed by atoms with E-state index in [2.05, 4.69) is 42.9 Å². The van der Waals surface area contributed by atoms with Crippen LogP contribution < -0.4 is 9.64 Å². The molecule has 0 radical (unpaired) electrons. The van der Waals surface area contributed by atoms with Gasteiger partial charge in [-0.15, -0.1) is 11.3 Å². The van der Waals surface area contributed by atoms with Crippen LogP contribution in [-0.2, 0) is 23.3 Å². The molecule has 3 aromatic rings. The Morgan fingerprint density at radius 1 is 1.33 bits per heavy atom. The number of nitriles is 1. The first-order chi connectivity index (χ1) is 17.3. The average molecular weight is 504 g/mol. The second-order valence-electron chi connectivity index (χ2n) is 9.31. The van der Waals surface area contributed by atoms with E-state index in [9.17, 15) is 9.59 Å². The molecule has 0 N–H and O–H groups in total. The molecule has 0 spiro atoms.